The standard InChI is InChI=1S/C15H27N3S/c1-4-11(3)14-13(9-16)19-15(17-14)18(5-2)10-12-7-6-8-12/h11-12H,4-10,16H2,1-3H3. The van der Waals surface area contributed by atoms with E-state index in [1.807, 2.05) is 0 Å². The van der Waals surface area contributed by atoms with Gasteiger partial charge in [0.1, 0.15) is 0 Å². The molecule has 0 aromatic carbocycles. The number of rotatable bonds is 7. The molecule has 1 unspecified atom stereocenters. The molecule has 3 nitrogen and oxygen atoms in total. The lowest BCUT2D eigenvalue weighted by atomic mass is 9.85. The van der Waals surface area contributed by atoms with Gasteiger partial charge in [-0.2, -0.15) is 0 Å². The number of hydrogen-bond donors (Lipinski definition) is 1. The molecule has 0 saturated heterocycles. The van der Waals surface area contributed by atoms with Gasteiger partial charge in [0.05, 0.1) is 5.69 Å². The predicted molar refractivity (Wildman–Crippen MR) is 83.9 cm³/mol. The zero-order valence-corrected chi connectivity index (χ0v) is 13.3. The number of thiazole rings is 1. The summed E-state index contributed by atoms with van der Waals surface area (Å²) < 4.78 is 0. The van der Waals surface area contributed by atoms with E-state index in [2.05, 4.69) is 25.7 Å². The zero-order chi connectivity index (χ0) is 13.8. The molecule has 1 aromatic heterocycles. The smallest absolute Gasteiger partial charge is 0.185 e. The minimum Gasteiger partial charge on any atom is -0.348 e. The molecule has 0 bridgehead atoms. The summed E-state index contributed by atoms with van der Waals surface area (Å²) in [6.07, 6.45) is 5.32. The van der Waals surface area contributed by atoms with Crippen LogP contribution in [0.5, 0.6) is 0 Å². The number of aromatic nitrogens is 1. The first kappa shape index (κ1) is 14.8. The zero-order valence-electron chi connectivity index (χ0n) is 12.5. The summed E-state index contributed by atoms with van der Waals surface area (Å²) >= 11 is 1.80. The fourth-order valence-electron chi connectivity index (χ4n) is 2.54. The summed E-state index contributed by atoms with van der Waals surface area (Å²) in [6.45, 7) is 9.54. The Labute approximate surface area is 121 Å². The maximum atomic E-state index is 5.89. The molecule has 1 saturated carbocycles. The van der Waals surface area contributed by atoms with Crippen LogP contribution in [0.15, 0.2) is 0 Å². The second-order valence-electron chi connectivity index (χ2n) is 5.65. The molecule has 2 N–H and O–H groups in total. The van der Waals surface area contributed by atoms with Gasteiger partial charge in [-0.25, -0.2) is 4.98 Å². The van der Waals surface area contributed by atoms with Crippen LogP contribution in [0.25, 0.3) is 0 Å². The van der Waals surface area contributed by atoms with Gasteiger partial charge >= 0.3 is 0 Å². The van der Waals surface area contributed by atoms with Crippen LogP contribution < -0.4 is 10.6 Å². The Morgan fingerprint density at radius 1 is 1.42 bits per heavy atom. The first-order valence-corrected chi connectivity index (χ1v) is 8.45. The van der Waals surface area contributed by atoms with Crippen molar-refractivity contribution in [3.63, 3.8) is 0 Å². The SMILES string of the molecule is CCC(C)c1nc(N(CC)CC2CCC2)sc1CN. The predicted octanol–water partition coefficient (Wildman–Crippen LogP) is 3.74. The Morgan fingerprint density at radius 3 is 2.63 bits per heavy atom. The molecule has 1 atom stereocenters. The lowest BCUT2D eigenvalue weighted by Crippen LogP contribution is -2.32. The van der Waals surface area contributed by atoms with E-state index in [1.165, 1.54) is 41.5 Å². The van der Waals surface area contributed by atoms with Crippen LogP contribution >= 0.6 is 11.3 Å². The normalized spacial score (nSPS) is 17.3. The van der Waals surface area contributed by atoms with Crippen molar-refractivity contribution < 1.29 is 0 Å². The van der Waals surface area contributed by atoms with Crippen molar-refractivity contribution in [2.45, 2.75) is 58.9 Å². The highest BCUT2D eigenvalue weighted by Gasteiger charge is 2.23. The van der Waals surface area contributed by atoms with E-state index in [0.717, 1.165) is 18.9 Å². The van der Waals surface area contributed by atoms with Crippen molar-refractivity contribution in [2.24, 2.45) is 11.7 Å². The van der Waals surface area contributed by atoms with Crippen molar-refractivity contribution in [1.29, 1.82) is 0 Å². The van der Waals surface area contributed by atoms with Gasteiger partial charge < -0.3 is 10.6 Å². The Morgan fingerprint density at radius 2 is 2.16 bits per heavy atom. The van der Waals surface area contributed by atoms with Gasteiger partial charge in [0.25, 0.3) is 0 Å². The second-order valence-corrected chi connectivity index (χ2v) is 6.72. The Hall–Kier alpha value is -0.610. The highest BCUT2D eigenvalue weighted by molar-refractivity contribution is 7.15. The van der Waals surface area contributed by atoms with Crippen LogP contribution in [0, 0.1) is 5.92 Å². The fraction of sp³-hybridized carbons (Fsp3) is 0.800. The molecule has 0 radical (unpaired) electrons. The Bertz CT molecular complexity index is 398. The van der Waals surface area contributed by atoms with Gasteiger partial charge in [0.2, 0.25) is 0 Å². The number of nitrogens with zero attached hydrogens (tertiary/aromatic N) is 2. The summed E-state index contributed by atoms with van der Waals surface area (Å²) in [5, 5.41) is 1.19. The molecule has 1 aliphatic carbocycles. The Kier molecular flexibility index (Phi) is 5.22. The van der Waals surface area contributed by atoms with E-state index in [4.69, 9.17) is 10.7 Å². The summed E-state index contributed by atoms with van der Waals surface area (Å²) in [4.78, 5) is 8.62. The third-order valence-corrected chi connectivity index (χ3v) is 5.49. The molecular formula is C15H27N3S. The highest BCUT2D eigenvalue weighted by atomic mass is 32.1. The van der Waals surface area contributed by atoms with E-state index in [0.29, 0.717) is 12.5 Å². The van der Waals surface area contributed by atoms with Crippen LogP contribution in [-0.4, -0.2) is 18.1 Å². The van der Waals surface area contributed by atoms with Crippen LogP contribution in [0.1, 0.15) is 62.9 Å². The summed E-state index contributed by atoms with van der Waals surface area (Å²) in [5.74, 6) is 1.41. The maximum absolute atomic E-state index is 5.89. The lowest BCUT2D eigenvalue weighted by Gasteiger charge is -2.31. The number of anilines is 1. The molecule has 0 aliphatic heterocycles. The first-order valence-electron chi connectivity index (χ1n) is 7.64. The monoisotopic (exact) mass is 281 g/mol. The van der Waals surface area contributed by atoms with Crippen LogP contribution in [0.3, 0.4) is 0 Å². The van der Waals surface area contributed by atoms with Gasteiger partial charge in [0, 0.05) is 24.5 Å². The van der Waals surface area contributed by atoms with Crippen molar-refractivity contribution in [2.75, 3.05) is 18.0 Å². The second kappa shape index (κ2) is 6.71. The quantitative estimate of drug-likeness (QED) is 0.828. The maximum Gasteiger partial charge on any atom is 0.185 e. The van der Waals surface area contributed by atoms with E-state index in [9.17, 15) is 0 Å². The van der Waals surface area contributed by atoms with Gasteiger partial charge in [-0.15, -0.1) is 11.3 Å². The van der Waals surface area contributed by atoms with Crippen molar-refractivity contribution in [3.8, 4) is 0 Å². The summed E-state index contributed by atoms with van der Waals surface area (Å²) in [6, 6.07) is 0. The van der Waals surface area contributed by atoms with E-state index in [1.54, 1.807) is 11.3 Å². The average molecular weight is 281 g/mol. The molecule has 19 heavy (non-hydrogen) atoms. The fourth-order valence-corrected chi connectivity index (χ4v) is 3.67. The minimum absolute atomic E-state index is 0.519. The lowest BCUT2D eigenvalue weighted by molar-refractivity contribution is 0.318. The minimum atomic E-state index is 0.519. The van der Waals surface area contributed by atoms with Crippen molar-refractivity contribution in [3.05, 3.63) is 10.6 Å². The number of nitrogens with two attached hydrogens (primary N) is 1. The molecule has 1 fully saturated rings. The average Bonchev–Trinajstić information content (AvgIpc) is 2.80. The molecule has 4 heteroatoms. The first-order chi connectivity index (χ1) is 9.19. The molecule has 2 rings (SSSR count). The summed E-state index contributed by atoms with van der Waals surface area (Å²) in [5.41, 5.74) is 7.12. The van der Waals surface area contributed by atoms with Crippen molar-refractivity contribution >= 4 is 16.5 Å². The molecule has 108 valence electrons. The third kappa shape index (κ3) is 3.29. The topological polar surface area (TPSA) is 42.2 Å². The van der Waals surface area contributed by atoms with Gasteiger partial charge in [-0.05, 0) is 38.0 Å². The molecule has 0 amide bonds. The van der Waals surface area contributed by atoms with Gasteiger partial charge in [0.15, 0.2) is 5.13 Å². The molecule has 1 aliphatic rings. The van der Waals surface area contributed by atoms with Crippen LogP contribution in [0.4, 0.5) is 5.13 Å². The molecule has 1 aromatic rings. The number of hydrogen-bond acceptors (Lipinski definition) is 4. The third-order valence-electron chi connectivity index (χ3n) is 4.34. The van der Waals surface area contributed by atoms with Crippen LogP contribution in [-0.2, 0) is 6.54 Å². The summed E-state index contributed by atoms with van der Waals surface area (Å²) in [7, 11) is 0. The Balaban J connectivity index is 2.14. The largest absolute Gasteiger partial charge is 0.348 e. The molecule has 1 heterocycles. The van der Waals surface area contributed by atoms with E-state index < -0.39 is 0 Å². The van der Waals surface area contributed by atoms with Crippen molar-refractivity contribution in [1.82, 2.24) is 4.98 Å². The molecular weight excluding hydrogens is 254 g/mol. The highest BCUT2D eigenvalue weighted by Crippen LogP contribution is 2.34. The van der Waals surface area contributed by atoms with E-state index >= 15 is 0 Å². The van der Waals surface area contributed by atoms with E-state index in [-0.39, 0.29) is 0 Å². The van der Waals surface area contributed by atoms with Gasteiger partial charge in [-0.3, -0.25) is 0 Å². The van der Waals surface area contributed by atoms with Crippen LogP contribution in [0.2, 0.25) is 0 Å². The molecule has 0 spiro atoms. The van der Waals surface area contributed by atoms with Gasteiger partial charge in [-0.1, -0.05) is 20.3 Å².